The Morgan fingerprint density at radius 3 is 2.50 bits per heavy atom. The molecule has 0 atom stereocenters. The Morgan fingerprint density at radius 1 is 1.07 bits per heavy atom. The lowest BCUT2D eigenvalue weighted by atomic mass is 10.1. The molecule has 158 valence electrons. The highest BCUT2D eigenvalue weighted by atomic mass is 35.5. The Kier molecular flexibility index (Phi) is 6.31. The number of benzene rings is 2. The molecule has 0 spiro atoms. The highest BCUT2D eigenvalue weighted by Crippen LogP contribution is 2.28. The first-order chi connectivity index (χ1) is 14.3. The van der Waals surface area contributed by atoms with Gasteiger partial charge in [-0.15, -0.1) is 11.3 Å². The van der Waals surface area contributed by atoms with E-state index in [-0.39, 0.29) is 15.7 Å². The number of aromatic nitrogens is 1. The molecule has 1 aliphatic rings. The van der Waals surface area contributed by atoms with Gasteiger partial charge in [-0.05, 0) is 35.9 Å². The van der Waals surface area contributed by atoms with Crippen LogP contribution in [-0.2, 0) is 16.4 Å². The molecular formula is C20H18Cl2FN3O2S2. The lowest BCUT2D eigenvalue weighted by molar-refractivity contribution is 0.384. The second-order valence-electron chi connectivity index (χ2n) is 6.90. The minimum absolute atomic E-state index is 0.130. The second-order valence-corrected chi connectivity index (χ2v) is 10.5. The zero-order chi connectivity index (χ0) is 21.3. The van der Waals surface area contributed by atoms with Crippen LogP contribution in [0.5, 0.6) is 0 Å². The number of nitrogens with zero attached hydrogens (tertiary/aromatic N) is 3. The molecular weight excluding hydrogens is 468 g/mol. The fourth-order valence-electron chi connectivity index (χ4n) is 3.36. The van der Waals surface area contributed by atoms with Gasteiger partial charge in [0.2, 0.25) is 10.0 Å². The zero-order valence-electron chi connectivity index (χ0n) is 15.8. The summed E-state index contributed by atoms with van der Waals surface area (Å²) in [7, 11) is -3.63. The van der Waals surface area contributed by atoms with Gasteiger partial charge in [-0.1, -0.05) is 35.3 Å². The number of hydrogen-bond donors (Lipinski definition) is 0. The molecule has 0 saturated carbocycles. The van der Waals surface area contributed by atoms with Gasteiger partial charge in [0.25, 0.3) is 0 Å². The third-order valence-electron chi connectivity index (χ3n) is 4.81. The second kappa shape index (κ2) is 8.80. The molecule has 0 amide bonds. The summed E-state index contributed by atoms with van der Waals surface area (Å²) in [6.07, 6.45) is 0.481. The van der Waals surface area contributed by atoms with Crippen molar-refractivity contribution < 1.29 is 12.8 Å². The molecule has 0 bridgehead atoms. The number of halogens is 3. The summed E-state index contributed by atoms with van der Waals surface area (Å²) in [5.74, 6) is -0.371. The van der Waals surface area contributed by atoms with Gasteiger partial charge in [0.05, 0.1) is 10.7 Å². The first-order valence-electron chi connectivity index (χ1n) is 9.22. The van der Waals surface area contributed by atoms with E-state index in [2.05, 4.69) is 9.88 Å². The van der Waals surface area contributed by atoms with Crippen LogP contribution in [-0.4, -0.2) is 43.9 Å². The number of anilines is 1. The van der Waals surface area contributed by atoms with E-state index in [1.54, 1.807) is 24.3 Å². The van der Waals surface area contributed by atoms with Crippen LogP contribution in [0.1, 0.15) is 11.3 Å². The number of rotatable bonds is 5. The standard InChI is InChI=1S/C20H18Cl2FN3O2S2/c21-15-9-14(10-16(23)12-15)11-17-13-29-20(24-17)25-5-7-26(8-6-25)30(27,28)19-4-2-1-3-18(19)22/h1-4,9-10,12-13H,5-8,11H2. The van der Waals surface area contributed by atoms with Crippen LogP contribution in [0.25, 0.3) is 0 Å². The predicted octanol–water partition coefficient (Wildman–Crippen LogP) is 4.69. The van der Waals surface area contributed by atoms with Gasteiger partial charge < -0.3 is 4.90 Å². The maximum atomic E-state index is 13.5. The smallest absolute Gasteiger partial charge is 0.244 e. The van der Waals surface area contributed by atoms with Crippen molar-refractivity contribution in [3.63, 3.8) is 0 Å². The van der Waals surface area contributed by atoms with E-state index < -0.39 is 10.0 Å². The van der Waals surface area contributed by atoms with Gasteiger partial charge in [-0.25, -0.2) is 17.8 Å². The van der Waals surface area contributed by atoms with Crippen LogP contribution in [0.4, 0.5) is 9.52 Å². The van der Waals surface area contributed by atoms with Crippen molar-refractivity contribution in [3.05, 3.63) is 75.0 Å². The molecule has 0 radical (unpaired) electrons. The van der Waals surface area contributed by atoms with E-state index in [4.69, 9.17) is 23.2 Å². The molecule has 5 nitrogen and oxygen atoms in total. The molecule has 1 saturated heterocycles. The normalized spacial score (nSPS) is 15.5. The van der Waals surface area contributed by atoms with E-state index in [9.17, 15) is 12.8 Å². The summed E-state index contributed by atoms with van der Waals surface area (Å²) < 4.78 is 40.8. The van der Waals surface area contributed by atoms with Crippen molar-refractivity contribution in [2.75, 3.05) is 31.1 Å². The van der Waals surface area contributed by atoms with Gasteiger partial charge in [-0.2, -0.15) is 4.31 Å². The zero-order valence-corrected chi connectivity index (χ0v) is 18.9. The first-order valence-corrected chi connectivity index (χ1v) is 12.3. The average Bonchev–Trinajstić information content (AvgIpc) is 3.16. The number of thiazole rings is 1. The Morgan fingerprint density at radius 2 is 1.80 bits per heavy atom. The minimum atomic E-state index is -3.63. The van der Waals surface area contributed by atoms with Crippen LogP contribution >= 0.6 is 34.5 Å². The van der Waals surface area contributed by atoms with E-state index in [0.29, 0.717) is 37.6 Å². The highest BCUT2D eigenvalue weighted by Gasteiger charge is 2.30. The van der Waals surface area contributed by atoms with Crippen molar-refractivity contribution in [1.82, 2.24) is 9.29 Å². The molecule has 1 fully saturated rings. The number of piperazine rings is 1. The fourth-order valence-corrected chi connectivity index (χ4v) is 6.40. The van der Waals surface area contributed by atoms with Gasteiger partial charge in [0.15, 0.2) is 5.13 Å². The largest absolute Gasteiger partial charge is 0.345 e. The average molecular weight is 486 g/mol. The molecule has 2 heterocycles. The van der Waals surface area contributed by atoms with Gasteiger partial charge >= 0.3 is 0 Å². The summed E-state index contributed by atoms with van der Waals surface area (Å²) >= 11 is 13.5. The maximum Gasteiger partial charge on any atom is 0.244 e. The Hall–Kier alpha value is -1.71. The fraction of sp³-hybridized carbons (Fsp3) is 0.250. The summed E-state index contributed by atoms with van der Waals surface area (Å²) in [5.41, 5.74) is 1.58. The first kappa shape index (κ1) is 21.5. The molecule has 1 aromatic heterocycles. The van der Waals surface area contributed by atoms with Crippen LogP contribution in [0.15, 0.2) is 52.7 Å². The summed E-state index contributed by atoms with van der Waals surface area (Å²) in [6.45, 7) is 1.76. The van der Waals surface area contributed by atoms with Crippen LogP contribution < -0.4 is 4.90 Å². The number of sulfonamides is 1. The van der Waals surface area contributed by atoms with E-state index in [1.807, 2.05) is 5.38 Å². The van der Waals surface area contributed by atoms with Crippen LogP contribution in [0.2, 0.25) is 10.0 Å². The molecule has 30 heavy (non-hydrogen) atoms. The van der Waals surface area contributed by atoms with E-state index in [1.165, 1.54) is 33.8 Å². The Bertz CT molecular complexity index is 1140. The molecule has 4 rings (SSSR count). The minimum Gasteiger partial charge on any atom is -0.345 e. The molecule has 10 heteroatoms. The van der Waals surface area contributed by atoms with E-state index >= 15 is 0 Å². The van der Waals surface area contributed by atoms with Gasteiger partial charge in [0.1, 0.15) is 10.7 Å². The monoisotopic (exact) mass is 485 g/mol. The van der Waals surface area contributed by atoms with Gasteiger partial charge in [-0.3, -0.25) is 0 Å². The van der Waals surface area contributed by atoms with Crippen molar-refractivity contribution in [3.8, 4) is 0 Å². The molecule has 0 aliphatic carbocycles. The molecule has 0 N–H and O–H groups in total. The van der Waals surface area contributed by atoms with E-state index in [0.717, 1.165) is 16.4 Å². The summed E-state index contributed by atoms with van der Waals surface area (Å²) in [5, 5.41) is 3.33. The predicted molar refractivity (Wildman–Crippen MR) is 119 cm³/mol. The van der Waals surface area contributed by atoms with Crippen molar-refractivity contribution in [1.29, 1.82) is 0 Å². The topological polar surface area (TPSA) is 53.5 Å². The van der Waals surface area contributed by atoms with Crippen LogP contribution in [0, 0.1) is 5.82 Å². The summed E-state index contributed by atoms with van der Waals surface area (Å²) in [6, 6.07) is 10.9. The Labute approximate surface area is 188 Å². The lowest BCUT2D eigenvalue weighted by Gasteiger charge is -2.33. The Balaban J connectivity index is 1.42. The van der Waals surface area contributed by atoms with Crippen LogP contribution in [0.3, 0.4) is 0 Å². The quantitative estimate of drug-likeness (QED) is 0.525. The molecule has 3 aromatic rings. The van der Waals surface area contributed by atoms with Crippen molar-refractivity contribution in [2.45, 2.75) is 11.3 Å². The molecule has 0 unspecified atom stereocenters. The lowest BCUT2D eigenvalue weighted by Crippen LogP contribution is -2.48. The maximum absolute atomic E-state index is 13.5. The molecule has 1 aliphatic heterocycles. The number of hydrogen-bond acceptors (Lipinski definition) is 5. The summed E-state index contributed by atoms with van der Waals surface area (Å²) in [4.78, 5) is 6.83. The van der Waals surface area contributed by atoms with Gasteiger partial charge in [0, 0.05) is 43.0 Å². The highest BCUT2D eigenvalue weighted by molar-refractivity contribution is 7.89. The van der Waals surface area contributed by atoms with Crippen molar-refractivity contribution in [2.24, 2.45) is 0 Å². The van der Waals surface area contributed by atoms with Crippen molar-refractivity contribution >= 4 is 49.7 Å². The third kappa shape index (κ3) is 4.63. The molecule has 2 aromatic carbocycles. The third-order valence-corrected chi connectivity index (χ3v) is 8.38. The SMILES string of the molecule is O=S(=O)(c1ccccc1Cl)N1CCN(c2nc(Cc3cc(F)cc(Cl)c3)cs2)CC1.